The molecule has 2 N–H and O–H groups in total. The molecule has 1 aromatic rings. The number of nitrogens with one attached hydrogen (secondary N) is 2. The molecule has 0 atom stereocenters. The lowest BCUT2D eigenvalue weighted by Gasteiger charge is -2.02. The lowest BCUT2D eigenvalue weighted by molar-refractivity contribution is -0.115. The fraction of sp³-hybridized carbons (Fsp3) is 0.625. The van der Waals surface area contributed by atoms with Crippen molar-refractivity contribution in [2.45, 2.75) is 6.92 Å². The van der Waals surface area contributed by atoms with E-state index in [1.54, 1.807) is 14.0 Å². The van der Waals surface area contributed by atoms with Gasteiger partial charge in [0, 0.05) is 20.6 Å². The lowest BCUT2D eigenvalue weighted by Crippen LogP contribution is -2.30. The second kappa shape index (κ2) is 6.10. The molecule has 0 unspecified atom stereocenters. The van der Waals surface area contributed by atoms with Crippen LogP contribution < -0.4 is 10.6 Å². The summed E-state index contributed by atoms with van der Waals surface area (Å²) in [5.74, 6) is 0.187. The number of rotatable bonds is 6. The topological polar surface area (TPSA) is 89.3 Å². The quantitative estimate of drug-likeness (QED) is 0.623. The summed E-state index contributed by atoms with van der Waals surface area (Å²) in [6.45, 7) is 3.02. The van der Waals surface area contributed by atoms with E-state index in [0.29, 0.717) is 19.0 Å². The minimum absolute atomic E-state index is 0.117. The van der Waals surface area contributed by atoms with Crippen LogP contribution in [0.3, 0.4) is 0 Å². The summed E-state index contributed by atoms with van der Waals surface area (Å²) in [6.07, 6.45) is 0. The van der Waals surface area contributed by atoms with Gasteiger partial charge in [0.25, 0.3) is 0 Å². The van der Waals surface area contributed by atoms with Gasteiger partial charge >= 0.3 is 6.01 Å². The number of carbonyl (C=O) groups excluding carboxylic acids is 1. The Balaban J connectivity index is 2.18. The van der Waals surface area contributed by atoms with Crippen LogP contribution >= 0.6 is 0 Å². The molecule has 84 valence electrons. The van der Waals surface area contributed by atoms with Crippen LogP contribution in [0.4, 0.5) is 6.01 Å². The largest absolute Gasteiger partial charge is 0.408 e. The highest BCUT2D eigenvalue weighted by Gasteiger charge is 2.06. The first kappa shape index (κ1) is 11.6. The van der Waals surface area contributed by atoms with Crippen molar-refractivity contribution in [1.82, 2.24) is 15.5 Å². The van der Waals surface area contributed by atoms with Gasteiger partial charge in [0.2, 0.25) is 11.8 Å². The zero-order valence-corrected chi connectivity index (χ0v) is 8.74. The Bertz CT molecular complexity index is 313. The van der Waals surface area contributed by atoms with Gasteiger partial charge in [0.1, 0.15) is 0 Å². The number of methoxy groups -OCH3 is 1. The normalized spacial score (nSPS) is 10.3. The van der Waals surface area contributed by atoms with Crippen LogP contribution in [0, 0.1) is 6.92 Å². The molecule has 0 saturated carbocycles. The lowest BCUT2D eigenvalue weighted by atomic mass is 10.5. The minimum Gasteiger partial charge on any atom is -0.408 e. The van der Waals surface area contributed by atoms with E-state index in [1.165, 1.54) is 0 Å². The number of nitrogens with zero attached hydrogens (tertiary/aromatic N) is 2. The Morgan fingerprint density at radius 1 is 1.53 bits per heavy atom. The molecule has 7 heteroatoms. The van der Waals surface area contributed by atoms with E-state index in [2.05, 4.69) is 20.8 Å². The summed E-state index contributed by atoms with van der Waals surface area (Å²) in [7, 11) is 1.60. The highest BCUT2D eigenvalue weighted by Crippen LogP contribution is 2.02. The van der Waals surface area contributed by atoms with Crippen molar-refractivity contribution in [2.24, 2.45) is 0 Å². The molecule has 0 fully saturated rings. The van der Waals surface area contributed by atoms with E-state index < -0.39 is 0 Å². The molecule has 0 aliphatic carbocycles. The summed E-state index contributed by atoms with van der Waals surface area (Å²) in [5.41, 5.74) is 0. The van der Waals surface area contributed by atoms with Crippen molar-refractivity contribution in [3.63, 3.8) is 0 Å². The smallest absolute Gasteiger partial charge is 0.322 e. The molecular weight excluding hydrogens is 200 g/mol. The number of carbonyl (C=O) groups is 1. The van der Waals surface area contributed by atoms with Crippen LogP contribution in [0.15, 0.2) is 4.42 Å². The highest BCUT2D eigenvalue weighted by atomic mass is 16.5. The molecule has 1 heterocycles. The third-order valence-corrected chi connectivity index (χ3v) is 1.54. The van der Waals surface area contributed by atoms with Gasteiger partial charge in [0.15, 0.2) is 0 Å². The summed E-state index contributed by atoms with van der Waals surface area (Å²) in [6, 6.07) is 0.117. The molecule has 0 saturated heterocycles. The predicted octanol–water partition coefficient (Wildman–Crippen LogP) is -0.447. The van der Waals surface area contributed by atoms with Crippen LogP contribution in [-0.4, -0.2) is 42.9 Å². The minimum atomic E-state index is -0.227. The third kappa shape index (κ3) is 4.52. The molecule has 0 radical (unpaired) electrons. The fourth-order valence-corrected chi connectivity index (χ4v) is 0.887. The second-order valence-corrected chi connectivity index (χ2v) is 2.84. The fourth-order valence-electron chi connectivity index (χ4n) is 0.887. The monoisotopic (exact) mass is 214 g/mol. The summed E-state index contributed by atoms with van der Waals surface area (Å²) >= 11 is 0. The van der Waals surface area contributed by atoms with Gasteiger partial charge in [-0.05, 0) is 0 Å². The van der Waals surface area contributed by atoms with E-state index in [1.807, 2.05) is 0 Å². The van der Waals surface area contributed by atoms with E-state index in [9.17, 15) is 4.79 Å². The van der Waals surface area contributed by atoms with Crippen molar-refractivity contribution in [2.75, 3.05) is 32.1 Å². The third-order valence-electron chi connectivity index (χ3n) is 1.54. The van der Waals surface area contributed by atoms with Gasteiger partial charge in [-0.15, -0.1) is 5.10 Å². The summed E-state index contributed by atoms with van der Waals surface area (Å²) < 4.78 is 9.79. The highest BCUT2D eigenvalue weighted by molar-refractivity contribution is 5.90. The van der Waals surface area contributed by atoms with Crippen molar-refractivity contribution >= 4 is 11.9 Å². The van der Waals surface area contributed by atoms with Crippen LogP contribution in [0.1, 0.15) is 5.89 Å². The number of anilines is 1. The molecular formula is C8H14N4O3. The maximum absolute atomic E-state index is 11.2. The Labute approximate surface area is 87.2 Å². The number of aryl methyl sites for hydroxylation is 1. The van der Waals surface area contributed by atoms with Crippen LogP contribution in [0.2, 0.25) is 0 Å². The number of hydrogen-bond acceptors (Lipinski definition) is 6. The molecule has 0 aliphatic rings. The van der Waals surface area contributed by atoms with Gasteiger partial charge in [-0.2, -0.15) is 0 Å². The molecule has 15 heavy (non-hydrogen) atoms. The van der Waals surface area contributed by atoms with Crippen LogP contribution in [-0.2, 0) is 9.53 Å². The average Bonchev–Trinajstić information content (AvgIpc) is 2.59. The van der Waals surface area contributed by atoms with Crippen LogP contribution in [0.5, 0.6) is 0 Å². The number of amides is 1. The Morgan fingerprint density at radius 2 is 2.33 bits per heavy atom. The molecule has 1 rings (SSSR count). The molecule has 1 aromatic heterocycles. The summed E-state index contributed by atoms with van der Waals surface area (Å²) in [5, 5.41) is 12.6. The molecule has 0 spiro atoms. The zero-order chi connectivity index (χ0) is 11.1. The van der Waals surface area contributed by atoms with Crippen molar-refractivity contribution in [1.29, 1.82) is 0 Å². The summed E-state index contributed by atoms with van der Waals surface area (Å²) in [4.78, 5) is 11.2. The maximum atomic E-state index is 11.2. The van der Waals surface area contributed by atoms with Crippen molar-refractivity contribution in [3.05, 3.63) is 5.89 Å². The first-order valence-corrected chi connectivity index (χ1v) is 4.52. The number of hydrogen-bond donors (Lipinski definition) is 2. The predicted molar refractivity (Wildman–Crippen MR) is 52.4 cm³/mol. The van der Waals surface area contributed by atoms with Gasteiger partial charge in [-0.25, -0.2) is 0 Å². The van der Waals surface area contributed by atoms with Gasteiger partial charge < -0.3 is 14.5 Å². The number of ether oxygens (including phenoxy) is 1. The second-order valence-electron chi connectivity index (χ2n) is 2.84. The first-order valence-electron chi connectivity index (χ1n) is 4.52. The molecule has 0 aliphatic heterocycles. The standard InChI is InChI=1S/C8H14N4O3/c1-6-11-12-8(15-6)10-7(13)5-9-3-4-14-2/h9H,3-5H2,1-2H3,(H,10,12,13). The van der Waals surface area contributed by atoms with Gasteiger partial charge in [-0.3, -0.25) is 10.1 Å². The molecule has 1 amide bonds. The average molecular weight is 214 g/mol. The molecule has 7 nitrogen and oxygen atoms in total. The van der Waals surface area contributed by atoms with E-state index in [-0.39, 0.29) is 18.5 Å². The zero-order valence-electron chi connectivity index (χ0n) is 8.74. The van der Waals surface area contributed by atoms with E-state index >= 15 is 0 Å². The Morgan fingerprint density at radius 3 is 2.93 bits per heavy atom. The van der Waals surface area contributed by atoms with Gasteiger partial charge in [-0.1, -0.05) is 5.10 Å². The Kier molecular flexibility index (Phi) is 4.72. The van der Waals surface area contributed by atoms with Crippen molar-refractivity contribution < 1.29 is 13.9 Å². The molecule has 0 aromatic carbocycles. The van der Waals surface area contributed by atoms with Crippen LogP contribution in [0.25, 0.3) is 0 Å². The molecule has 0 bridgehead atoms. The van der Waals surface area contributed by atoms with E-state index in [4.69, 9.17) is 9.15 Å². The maximum Gasteiger partial charge on any atom is 0.322 e. The van der Waals surface area contributed by atoms with Crippen molar-refractivity contribution in [3.8, 4) is 0 Å². The Hall–Kier alpha value is -1.47. The first-order chi connectivity index (χ1) is 7.22. The van der Waals surface area contributed by atoms with E-state index in [0.717, 1.165) is 0 Å². The SMILES string of the molecule is COCCNCC(=O)Nc1nnc(C)o1. The number of aromatic nitrogens is 2. The van der Waals surface area contributed by atoms with Gasteiger partial charge in [0.05, 0.1) is 13.2 Å².